The zero-order valence-electron chi connectivity index (χ0n) is 10.6. The molecule has 106 valence electrons. The van der Waals surface area contributed by atoms with Crippen LogP contribution in [0.4, 0.5) is 5.82 Å². The number of fused-ring (bicyclic) bond motifs is 1. The van der Waals surface area contributed by atoms with Crippen LogP contribution in [0.3, 0.4) is 0 Å². The van der Waals surface area contributed by atoms with Crippen molar-refractivity contribution in [1.29, 1.82) is 0 Å². The molecule has 2 aromatic rings. The Labute approximate surface area is 124 Å². The van der Waals surface area contributed by atoms with Gasteiger partial charge in [0.1, 0.15) is 17.8 Å². The molecule has 1 saturated heterocycles. The minimum Gasteiger partial charge on any atom is -0.356 e. The first kappa shape index (κ1) is 16.0. The molecule has 0 aliphatic carbocycles. The van der Waals surface area contributed by atoms with E-state index in [4.69, 9.17) is 5.73 Å². The fourth-order valence-corrected chi connectivity index (χ4v) is 2.49. The Morgan fingerprint density at radius 1 is 1.26 bits per heavy atom. The average Bonchev–Trinajstić information content (AvgIpc) is 2.87. The van der Waals surface area contributed by atoms with Crippen molar-refractivity contribution in [1.82, 2.24) is 15.0 Å². The van der Waals surface area contributed by atoms with E-state index in [0.29, 0.717) is 5.92 Å². The summed E-state index contributed by atoms with van der Waals surface area (Å²) in [6.07, 6.45) is 5.86. The summed E-state index contributed by atoms with van der Waals surface area (Å²) < 4.78 is 0. The van der Waals surface area contributed by atoms with Gasteiger partial charge in [-0.2, -0.15) is 0 Å². The lowest BCUT2D eigenvalue weighted by atomic mass is 9.97. The fourth-order valence-electron chi connectivity index (χ4n) is 2.49. The number of nitrogens with one attached hydrogen (secondary N) is 1. The quantitative estimate of drug-likeness (QED) is 0.890. The fraction of sp³-hybridized carbons (Fsp3) is 0.500. The van der Waals surface area contributed by atoms with E-state index < -0.39 is 0 Å². The summed E-state index contributed by atoms with van der Waals surface area (Å²) in [4.78, 5) is 14.1. The lowest BCUT2D eigenvalue weighted by Crippen LogP contribution is -2.36. The van der Waals surface area contributed by atoms with Crippen molar-refractivity contribution < 1.29 is 0 Å². The molecule has 0 bridgehead atoms. The van der Waals surface area contributed by atoms with Gasteiger partial charge in [0.05, 0.1) is 5.39 Å². The third-order valence-electron chi connectivity index (χ3n) is 3.58. The molecule has 1 aliphatic rings. The average molecular weight is 304 g/mol. The minimum atomic E-state index is 0. The monoisotopic (exact) mass is 303 g/mol. The second-order valence-corrected chi connectivity index (χ2v) is 4.60. The van der Waals surface area contributed by atoms with Gasteiger partial charge in [0.2, 0.25) is 0 Å². The van der Waals surface area contributed by atoms with Gasteiger partial charge in [-0.3, -0.25) is 0 Å². The Hall–Kier alpha value is -1.04. The number of aromatic nitrogens is 3. The smallest absolute Gasteiger partial charge is 0.142 e. The second-order valence-electron chi connectivity index (χ2n) is 4.60. The first-order chi connectivity index (χ1) is 8.38. The van der Waals surface area contributed by atoms with Gasteiger partial charge in [0.25, 0.3) is 0 Å². The van der Waals surface area contributed by atoms with Crippen LogP contribution in [0.2, 0.25) is 0 Å². The number of rotatable bonds is 2. The van der Waals surface area contributed by atoms with Crippen molar-refractivity contribution in [3.8, 4) is 0 Å². The highest BCUT2D eigenvalue weighted by molar-refractivity contribution is 5.87. The van der Waals surface area contributed by atoms with Gasteiger partial charge in [0, 0.05) is 19.3 Å². The van der Waals surface area contributed by atoms with E-state index in [2.05, 4.69) is 19.9 Å². The first-order valence-electron chi connectivity index (χ1n) is 6.11. The van der Waals surface area contributed by atoms with Crippen LogP contribution < -0.4 is 10.6 Å². The van der Waals surface area contributed by atoms with Crippen molar-refractivity contribution in [2.45, 2.75) is 12.8 Å². The predicted molar refractivity (Wildman–Crippen MR) is 82.4 cm³/mol. The molecule has 0 radical (unpaired) electrons. The van der Waals surface area contributed by atoms with Crippen LogP contribution in [0.1, 0.15) is 12.8 Å². The van der Waals surface area contributed by atoms with Crippen molar-refractivity contribution in [2.24, 2.45) is 11.7 Å². The number of piperidine rings is 1. The van der Waals surface area contributed by atoms with Crippen molar-refractivity contribution in [3.63, 3.8) is 0 Å². The summed E-state index contributed by atoms with van der Waals surface area (Å²) in [7, 11) is 0. The number of H-pyrrole nitrogens is 1. The van der Waals surface area contributed by atoms with E-state index in [1.807, 2.05) is 12.3 Å². The van der Waals surface area contributed by atoms with Crippen molar-refractivity contribution >= 4 is 41.7 Å². The number of hydrogen-bond donors (Lipinski definition) is 2. The molecule has 0 atom stereocenters. The normalized spacial score (nSPS) is 15.9. The third kappa shape index (κ3) is 3.11. The molecular weight excluding hydrogens is 285 g/mol. The zero-order chi connectivity index (χ0) is 11.7. The molecule has 5 nitrogen and oxygen atoms in total. The van der Waals surface area contributed by atoms with Gasteiger partial charge in [-0.1, -0.05) is 0 Å². The van der Waals surface area contributed by atoms with Gasteiger partial charge in [0.15, 0.2) is 0 Å². The first-order valence-corrected chi connectivity index (χ1v) is 6.11. The molecule has 19 heavy (non-hydrogen) atoms. The summed E-state index contributed by atoms with van der Waals surface area (Å²) >= 11 is 0. The number of anilines is 1. The van der Waals surface area contributed by atoms with Crippen LogP contribution in [-0.2, 0) is 0 Å². The van der Waals surface area contributed by atoms with Crippen LogP contribution in [0.15, 0.2) is 18.6 Å². The maximum atomic E-state index is 5.71. The van der Waals surface area contributed by atoms with Gasteiger partial charge in [-0.15, -0.1) is 24.8 Å². The van der Waals surface area contributed by atoms with E-state index in [1.165, 1.54) is 0 Å². The number of hydrogen-bond acceptors (Lipinski definition) is 4. The molecule has 3 rings (SSSR count). The standard InChI is InChI=1S/C12H17N5.2ClH/c13-7-9-2-5-17(6-3-9)12-10-1-4-14-11(10)15-8-16-12;;/h1,4,8-9H,2-3,5-7,13H2,(H,14,15,16);2*1H. The number of nitrogens with zero attached hydrogens (tertiary/aromatic N) is 3. The zero-order valence-corrected chi connectivity index (χ0v) is 12.2. The Morgan fingerprint density at radius 3 is 2.68 bits per heavy atom. The number of halogens is 2. The number of nitrogens with two attached hydrogens (primary N) is 1. The Bertz CT molecular complexity index is 508. The molecule has 0 aromatic carbocycles. The highest BCUT2D eigenvalue weighted by Gasteiger charge is 2.20. The van der Waals surface area contributed by atoms with Gasteiger partial charge >= 0.3 is 0 Å². The van der Waals surface area contributed by atoms with Gasteiger partial charge in [-0.25, -0.2) is 9.97 Å². The Kier molecular flexibility index (Phi) is 5.85. The molecule has 1 fully saturated rings. The van der Waals surface area contributed by atoms with E-state index in [0.717, 1.165) is 49.3 Å². The van der Waals surface area contributed by atoms with Gasteiger partial charge in [-0.05, 0) is 31.4 Å². The SMILES string of the molecule is Cl.Cl.NCC1CCN(c2ncnc3[nH]ccc23)CC1. The molecule has 0 unspecified atom stereocenters. The topological polar surface area (TPSA) is 70.8 Å². The lowest BCUT2D eigenvalue weighted by Gasteiger charge is -2.32. The summed E-state index contributed by atoms with van der Waals surface area (Å²) in [6, 6.07) is 2.04. The van der Waals surface area contributed by atoms with Gasteiger partial charge < -0.3 is 15.6 Å². The molecule has 0 amide bonds. The van der Waals surface area contributed by atoms with Crippen molar-refractivity contribution in [2.75, 3.05) is 24.5 Å². The van der Waals surface area contributed by atoms with Crippen LogP contribution in [0.5, 0.6) is 0 Å². The second kappa shape index (κ2) is 6.93. The van der Waals surface area contributed by atoms with Crippen LogP contribution in [-0.4, -0.2) is 34.6 Å². The number of aromatic amines is 1. The molecule has 1 aliphatic heterocycles. The minimum absolute atomic E-state index is 0. The summed E-state index contributed by atoms with van der Waals surface area (Å²) in [5, 5.41) is 1.11. The largest absolute Gasteiger partial charge is 0.356 e. The third-order valence-corrected chi connectivity index (χ3v) is 3.58. The molecule has 3 heterocycles. The molecule has 0 saturated carbocycles. The van der Waals surface area contributed by atoms with E-state index in [9.17, 15) is 0 Å². The van der Waals surface area contributed by atoms with E-state index in [-0.39, 0.29) is 24.8 Å². The van der Waals surface area contributed by atoms with E-state index >= 15 is 0 Å². The maximum absolute atomic E-state index is 5.71. The molecule has 2 aromatic heterocycles. The summed E-state index contributed by atoms with van der Waals surface area (Å²) in [5.74, 6) is 1.72. The summed E-state index contributed by atoms with van der Waals surface area (Å²) in [6.45, 7) is 2.88. The molecule has 3 N–H and O–H groups in total. The maximum Gasteiger partial charge on any atom is 0.142 e. The lowest BCUT2D eigenvalue weighted by molar-refractivity contribution is 0.413. The highest BCUT2D eigenvalue weighted by Crippen LogP contribution is 2.26. The Morgan fingerprint density at radius 2 is 2.00 bits per heavy atom. The van der Waals surface area contributed by atoms with Crippen LogP contribution >= 0.6 is 24.8 Å². The Balaban J connectivity index is 0.000000902. The highest BCUT2D eigenvalue weighted by atomic mass is 35.5. The van der Waals surface area contributed by atoms with Crippen molar-refractivity contribution in [3.05, 3.63) is 18.6 Å². The predicted octanol–water partition coefficient (Wildman–Crippen LogP) is 1.98. The molecular formula is C12H19Cl2N5. The van der Waals surface area contributed by atoms with Crippen LogP contribution in [0.25, 0.3) is 11.0 Å². The molecule has 7 heteroatoms. The molecule has 0 spiro atoms. The van der Waals surface area contributed by atoms with E-state index in [1.54, 1.807) is 6.33 Å². The summed E-state index contributed by atoms with van der Waals surface area (Å²) in [5.41, 5.74) is 6.63. The van der Waals surface area contributed by atoms with Crippen LogP contribution in [0, 0.1) is 5.92 Å².